The summed E-state index contributed by atoms with van der Waals surface area (Å²) >= 11 is 0. The number of carbonyl (C=O) groups excluding carboxylic acids is 1. The fourth-order valence-corrected chi connectivity index (χ4v) is 9.75. The molecule has 0 N–H and O–H groups in total. The molecule has 0 spiro atoms. The van der Waals surface area contributed by atoms with Crippen LogP contribution in [-0.4, -0.2) is 29.9 Å². The first-order valence-electron chi connectivity index (χ1n) is 15.7. The molecule has 2 heterocycles. The molecule has 42 heavy (non-hydrogen) atoms. The molecule has 5 fully saturated rings. The number of nitrogens with zero attached hydrogens (tertiary/aromatic N) is 3. The van der Waals surface area contributed by atoms with Gasteiger partial charge in [0.15, 0.2) is 11.5 Å². The number of unbranched alkanes of at least 4 members (excludes halogenated alkanes) is 1. The Kier molecular flexibility index (Phi) is 6.58. The Bertz CT molecular complexity index is 1460. The number of benzene rings is 2. The molecule has 3 atom stereocenters. The number of hydrogen-bond acceptors (Lipinski definition) is 6. The average molecular weight is 562 g/mol. The van der Waals surface area contributed by atoms with Crippen LogP contribution in [-0.2, 0) is 4.79 Å². The maximum absolute atomic E-state index is 15.3. The van der Waals surface area contributed by atoms with Gasteiger partial charge in [0.2, 0.25) is 5.54 Å². The third-order valence-electron chi connectivity index (χ3n) is 11.1. The Morgan fingerprint density at radius 3 is 2.33 bits per heavy atom. The summed E-state index contributed by atoms with van der Waals surface area (Å²) in [5.74, 6) is 2.13. The maximum atomic E-state index is 15.3. The molecule has 0 unspecified atom stereocenters. The lowest BCUT2D eigenvalue weighted by atomic mass is 9.47. The Morgan fingerprint density at radius 2 is 1.69 bits per heavy atom. The van der Waals surface area contributed by atoms with Crippen molar-refractivity contribution in [2.45, 2.75) is 75.8 Å². The van der Waals surface area contributed by atoms with Crippen molar-refractivity contribution in [1.82, 2.24) is 4.90 Å². The Labute approximate surface area is 248 Å². The van der Waals surface area contributed by atoms with Crippen LogP contribution in [0.4, 0.5) is 0 Å². The molecule has 216 valence electrons. The zero-order valence-electron chi connectivity index (χ0n) is 24.6. The van der Waals surface area contributed by atoms with Gasteiger partial charge in [0.05, 0.1) is 25.7 Å². The van der Waals surface area contributed by atoms with Crippen LogP contribution in [0.2, 0.25) is 0 Å². The Morgan fingerprint density at radius 1 is 1.00 bits per heavy atom. The van der Waals surface area contributed by atoms with Crippen LogP contribution in [0.3, 0.4) is 0 Å². The van der Waals surface area contributed by atoms with Gasteiger partial charge in [-0.1, -0.05) is 43.7 Å². The number of ketones is 1. The number of hydrogen-bond donors (Lipinski definition) is 0. The summed E-state index contributed by atoms with van der Waals surface area (Å²) in [5.41, 5.74) is 0.929. The number of Topliss-reactive ketones (excluding diaryl/α,β-unsaturated/α-hetero) is 1. The van der Waals surface area contributed by atoms with Gasteiger partial charge in [0.25, 0.3) is 0 Å². The van der Waals surface area contributed by atoms with Gasteiger partial charge >= 0.3 is 0 Å². The zero-order chi connectivity index (χ0) is 29.1. The van der Waals surface area contributed by atoms with Crippen LogP contribution in [0.1, 0.15) is 86.9 Å². The van der Waals surface area contributed by atoms with Gasteiger partial charge < -0.3 is 14.4 Å². The Hall–Kier alpha value is -3.77. The fourth-order valence-electron chi connectivity index (χ4n) is 9.75. The van der Waals surface area contributed by atoms with Gasteiger partial charge in [0, 0.05) is 17.5 Å². The van der Waals surface area contributed by atoms with Gasteiger partial charge in [-0.05, 0) is 97.6 Å². The first-order valence-corrected chi connectivity index (χ1v) is 15.7. The summed E-state index contributed by atoms with van der Waals surface area (Å²) in [6.45, 7) is 2.70. The highest BCUT2D eigenvalue weighted by molar-refractivity contribution is 5.91. The molecule has 4 aliphatic carbocycles. The fraction of sp³-hybridized carbons (Fsp3) is 0.528. The molecular formula is C36H39N3O3. The van der Waals surface area contributed by atoms with Crippen LogP contribution in [0.5, 0.6) is 11.5 Å². The predicted octanol–water partition coefficient (Wildman–Crippen LogP) is 7.19. The second kappa shape index (κ2) is 10.2. The van der Waals surface area contributed by atoms with Gasteiger partial charge in [-0.25, -0.2) is 0 Å². The molecule has 6 heteroatoms. The van der Waals surface area contributed by atoms with Crippen molar-refractivity contribution in [2.75, 3.05) is 13.7 Å². The number of nitriles is 2. The first-order chi connectivity index (χ1) is 20.5. The molecule has 1 saturated heterocycles. The maximum Gasteiger partial charge on any atom is 0.222 e. The number of methoxy groups -OCH3 is 1. The van der Waals surface area contributed by atoms with E-state index in [-0.39, 0.29) is 17.2 Å². The lowest BCUT2D eigenvalue weighted by Crippen LogP contribution is -2.52. The van der Waals surface area contributed by atoms with Crippen molar-refractivity contribution in [3.63, 3.8) is 0 Å². The largest absolute Gasteiger partial charge is 0.493 e. The monoisotopic (exact) mass is 561 g/mol. The van der Waals surface area contributed by atoms with Crippen molar-refractivity contribution in [3.8, 4) is 23.6 Å². The summed E-state index contributed by atoms with van der Waals surface area (Å²) in [7, 11) is 1.61. The molecular weight excluding hydrogens is 522 g/mol. The minimum atomic E-state index is -1.55. The van der Waals surface area contributed by atoms with E-state index in [1.54, 1.807) is 7.11 Å². The normalized spacial score (nSPS) is 32.9. The molecule has 8 rings (SSSR count). The van der Waals surface area contributed by atoms with E-state index in [1.165, 1.54) is 19.3 Å². The van der Waals surface area contributed by atoms with E-state index in [0.717, 1.165) is 48.8 Å². The van der Waals surface area contributed by atoms with Gasteiger partial charge in [-0.2, -0.15) is 10.5 Å². The molecule has 2 aromatic carbocycles. The molecule has 6 nitrogen and oxygen atoms in total. The number of carbonyl (C=O) groups is 1. The standard InChI is InChI=1S/C36H39N3O3/c1-3-4-13-42-29-10-9-27(17-30(29)41-2)32-31(34(40)35-18-23-14-24(19-35)16-25(15-23)20-35)33-28-8-6-5-7-26(28)11-12-39(33)36(32,21-37)22-38/h5-12,17,23-25,31-33H,3-4,13-16,18-20H2,1-2H3/t23?,24?,25?,31-,32+,33+,35?/m0/s1. The van der Waals surface area contributed by atoms with Crippen LogP contribution < -0.4 is 9.47 Å². The van der Waals surface area contributed by atoms with Crippen molar-refractivity contribution in [2.24, 2.45) is 29.1 Å². The number of rotatable bonds is 8. The molecule has 4 bridgehead atoms. The quantitative estimate of drug-likeness (QED) is 0.317. The highest BCUT2D eigenvalue weighted by Gasteiger charge is 2.67. The molecule has 4 saturated carbocycles. The van der Waals surface area contributed by atoms with E-state index >= 15 is 4.79 Å². The van der Waals surface area contributed by atoms with Gasteiger partial charge in [-0.15, -0.1) is 0 Å². The highest BCUT2D eigenvalue weighted by Crippen LogP contribution is 2.65. The van der Waals surface area contributed by atoms with Crippen molar-refractivity contribution >= 4 is 11.9 Å². The van der Waals surface area contributed by atoms with E-state index in [0.29, 0.717) is 35.9 Å². The summed E-state index contributed by atoms with van der Waals surface area (Å²) in [4.78, 5) is 17.2. The highest BCUT2D eigenvalue weighted by atomic mass is 16.5. The second-order valence-corrected chi connectivity index (χ2v) is 13.5. The molecule has 6 aliphatic rings. The van der Waals surface area contributed by atoms with Crippen LogP contribution in [0.25, 0.3) is 6.08 Å². The lowest BCUT2D eigenvalue weighted by Gasteiger charge is -2.57. The number of ether oxygens (including phenoxy) is 2. The predicted molar refractivity (Wildman–Crippen MR) is 159 cm³/mol. The van der Waals surface area contributed by atoms with E-state index < -0.39 is 17.4 Å². The molecule has 0 amide bonds. The van der Waals surface area contributed by atoms with E-state index in [9.17, 15) is 10.5 Å². The molecule has 0 aromatic heterocycles. The lowest BCUT2D eigenvalue weighted by molar-refractivity contribution is -0.149. The number of fused-ring (bicyclic) bond motifs is 3. The van der Waals surface area contributed by atoms with Crippen LogP contribution in [0.15, 0.2) is 48.7 Å². The molecule has 2 aliphatic heterocycles. The summed E-state index contributed by atoms with van der Waals surface area (Å²) < 4.78 is 11.8. The minimum absolute atomic E-state index is 0.265. The van der Waals surface area contributed by atoms with Crippen molar-refractivity contribution in [1.29, 1.82) is 10.5 Å². The SMILES string of the molecule is CCCCOc1ccc([C@@H]2[C@H](C(=O)C34CC5CC(CC(C5)C3)C4)[C@H]3c4ccccc4C=CN3C2(C#N)C#N)cc1OC. The first kappa shape index (κ1) is 27.1. The topological polar surface area (TPSA) is 86.4 Å². The van der Waals surface area contributed by atoms with Gasteiger partial charge in [-0.3, -0.25) is 4.79 Å². The van der Waals surface area contributed by atoms with Crippen LogP contribution >= 0.6 is 0 Å². The second-order valence-electron chi connectivity index (χ2n) is 13.5. The molecule has 0 radical (unpaired) electrons. The van der Waals surface area contributed by atoms with E-state index in [1.807, 2.05) is 47.5 Å². The average Bonchev–Trinajstić information content (AvgIpc) is 3.31. The smallest absolute Gasteiger partial charge is 0.222 e. The van der Waals surface area contributed by atoms with Crippen molar-refractivity contribution in [3.05, 3.63) is 65.4 Å². The Balaban J connectivity index is 1.39. The third kappa shape index (κ3) is 3.91. The van der Waals surface area contributed by atoms with E-state index in [4.69, 9.17) is 9.47 Å². The van der Waals surface area contributed by atoms with Crippen molar-refractivity contribution < 1.29 is 14.3 Å². The van der Waals surface area contributed by atoms with Crippen LogP contribution in [0, 0.1) is 51.7 Å². The third-order valence-corrected chi connectivity index (χ3v) is 11.1. The van der Waals surface area contributed by atoms with Gasteiger partial charge in [0.1, 0.15) is 17.9 Å². The zero-order valence-corrected chi connectivity index (χ0v) is 24.6. The summed E-state index contributed by atoms with van der Waals surface area (Å²) in [5, 5.41) is 21.8. The van der Waals surface area contributed by atoms with E-state index in [2.05, 4.69) is 31.2 Å². The molecule has 2 aromatic rings. The summed E-state index contributed by atoms with van der Waals surface area (Å²) in [6.07, 6.45) is 12.4. The summed E-state index contributed by atoms with van der Waals surface area (Å²) in [6, 6.07) is 18.4. The minimum Gasteiger partial charge on any atom is -0.493 e.